The average Bonchev–Trinajstić information content (AvgIpc) is 2.92. The first-order chi connectivity index (χ1) is 10.4. The van der Waals surface area contributed by atoms with Crippen LogP contribution >= 0.6 is 0 Å². The predicted molar refractivity (Wildman–Crippen MR) is 85.6 cm³/mol. The van der Waals surface area contributed by atoms with Gasteiger partial charge in [-0.25, -0.2) is 4.98 Å². The number of hydrogen-bond acceptors (Lipinski definition) is 2. The lowest BCUT2D eigenvalue weighted by Crippen LogP contribution is -1.90. The van der Waals surface area contributed by atoms with Gasteiger partial charge in [-0.3, -0.25) is 0 Å². The highest BCUT2D eigenvalue weighted by Crippen LogP contribution is 2.31. The maximum atomic E-state index is 5.42. The molecule has 2 heterocycles. The maximum absolute atomic E-state index is 5.42. The summed E-state index contributed by atoms with van der Waals surface area (Å²) in [7, 11) is 1.68. The van der Waals surface area contributed by atoms with E-state index in [-0.39, 0.29) is 0 Å². The summed E-state index contributed by atoms with van der Waals surface area (Å²) in [6.07, 6.45) is 0. The Bertz CT molecular complexity index is 940. The van der Waals surface area contributed by atoms with E-state index in [4.69, 9.17) is 9.72 Å². The van der Waals surface area contributed by atoms with E-state index < -0.39 is 0 Å². The third-order valence-electron chi connectivity index (χ3n) is 3.75. The minimum Gasteiger partial charge on any atom is -0.496 e. The van der Waals surface area contributed by atoms with Crippen molar-refractivity contribution in [3.63, 3.8) is 0 Å². The topological polar surface area (TPSA) is 37.9 Å². The van der Waals surface area contributed by atoms with Gasteiger partial charge in [0.05, 0.1) is 12.8 Å². The quantitative estimate of drug-likeness (QED) is 0.588. The molecule has 0 spiro atoms. The molecule has 2 aromatic carbocycles. The van der Waals surface area contributed by atoms with Gasteiger partial charge in [0.15, 0.2) is 0 Å². The standard InChI is InChI=1S/C18H14N2O/c1-21-17-9-5-3-7-14(17)16-11-10-13-12-6-2-4-8-15(12)19-18(13)20-16/h2-11H,1H3,(H,19,20). The molecule has 2 aromatic heterocycles. The predicted octanol–water partition coefficient (Wildman–Crippen LogP) is 4.39. The molecule has 3 heteroatoms. The second kappa shape index (κ2) is 4.63. The van der Waals surface area contributed by atoms with E-state index in [0.717, 1.165) is 33.6 Å². The Morgan fingerprint density at radius 2 is 1.67 bits per heavy atom. The molecular formula is C18H14N2O. The number of aromatic amines is 1. The molecule has 0 aliphatic heterocycles. The van der Waals surface area contributed by atoms with Gasteiger partial charge in [-0.05, 0) is 30.3 Å². The summed E-state index contributed by atoms with van der Waals surface area (Å²) in [5.74, 6) is 0.834. The molecule has 0 fully saturated rings. The van der Waals surface area contributed by atoms with E-state index in [2.05, 4.69) is 23.2 Å². The Kier molecular flexibility index (Phi) is 2.64. The zero-order valence-corrected chi connectivity index (χ0v) is 11.6. The summed E-state index contributed by atoms with van der Waals surface area (Å²) in [5.41, 5.74) is 3.92. The fourth-order valence-electron chi connectivity index (χ4n) is 2.73. The average molecular weight is 274 g/mol. The molecule has 0 bridgehead atoms. The molecule has 4 rings (SSSR count). The van der Waals surface area contributed by atoms with Crippen LogP contribution < -0.4 is 4.74 Å². The number of ether oxygens (including phenoxy) is 1. The van der Waals surface area contributed by atoms with Crippen molar-refractivity contribution in [2.75, 3.05) is 7.11 Å². The second-order valence-corrected chi connectivity index (χ2v) is 4.96. The first kappa shape index (κ1) is 12.0. The monoisotopic (exact) mass is 274 g/mol. The number of fused-ring (bicyclic) bond motifs is 3. The summed E-state index contributed by atoms with van der Waals surface area (Å²) in [6, 6.07) is 20.3. The molecule has 0 aliphatic carbocycles. The molecule has 0 saturated carbocycles. The van der Waals surface area contributed by atoms with Gasteiger partial charge in [-0.2, -0.15) is 0 Å². The van der Waals surface area contributed by atoms with Gasteiger partial charge in [-0.15, -0.1) is 0 Å². The first-order valence-corrected chi connectivity index (χ1v) is 6.87. The highest BCUT2D eigenvalue weighted by atomic mass is 16.5. The Balaban J connectivity index is 1.97. The smallest absolute Gasteiger partial charge is 0.139 e. The first-order valence-electron chi connectivity index (χ1n) is 6.87. The lowest BCUT2D eigenvalue weighted by atomic mass is 10.1. The van der Waals surface area contributed by atoms with E-state index in [9.17, 15) is 0 Å². The molecule has 4 aromatic rings. The molecule has 21 heavy (non-hydrogen) atoms. The lowest BCUT2D eigenvalue weighted by Gasteiger charge is -2.07. The number of hydrogen-bond donors (Lipinski definition) is 1. The van der Waals surface area contributed by atoms with Crippen molar-refractivity contribution in [2.24, 2.45) is 0 Å². The van der Waals surface area contributed by atoms with Gasteiger partial charge in [-0.1, -0.05) is 30.3 Å². The lowest BCUT2D eigenvalue weighted by molar-refractivity contribution is 0.416. The Hall–Kier alpha value is -2.81. The third kappa shape index (κ3) is 1.86. The normalized spacial score (nSPS) is 11.1. The molecule has 0 unspecified atom stereocenters. The van der Waals surface area contributed by atoms with Crippen molar-refractivity contribution in [1.82, 2.24) is 9.97 Å². The molecule has 0 radical (unpaired) electrons. The van der Waals surface area contributed by atoms with Crippen LogP contribution in [0, 0.1) is 0 Å². The molecular weight excluding hydrogens is 260 g/mol. The van der Waals surface area contributed by atoms with Gasteiger partial charge in [0, 0.05) is 21.9 Å². The van der Waals surface area contributed by atoms with Crippen LogP contribution in [0.3, 0.4) is 0 Å². The summed E-state index contributed by atoms with van der Waals surface area (Å²) >= 11 is 0. The molecule has 0 amide bonds. The van der Waals surface area contributed by atoms with E-state index in [0.29, 0.717) is 0 Å². The number of rotatable bonds is 2. The van der Waals surface area contributed by atoms with Crippen LogP contribution in [0.25, 0.3) is 33.2 Å². The van der Waals surface area contributed by atoms with Crippen LogP contribution in [0.4, 0.5) is 0 Å². The molecule has 1 N–H and O–H groups in total. The molecule has 0 aliphatic rings. The number of nitrogens with zero attached hydrogens (tertiary/aromatic N) is 1. The zero-order chi connectivity index (χ0) is 14.2. The fraction of sp³-hybridized carbons (Fsp3) is 0.0556. The van der Waals surface area contributed by atoms with Crippen molar-refractivity contribution in [3.8, 4) is 17.0 Å². The van der Waals surface area contributed by atoms with Gasteiger partial charge in [0.25, 0.3) is 0 Å². The Labute approximate surface area is 122 Å². The Morgan fingerprint density at radius 1 is 0.857 bits per heavy atom. The summed E-state index contributed by atoms with van der Waals surface area (Å²) in [5, 5.41) is 2.34. The number of benzene rings is 2. The number of pyridine rings is 1. The second-order valence-electron chi connectivity index (χ2n) is 4.96. The van der Waals surface area contributed by atoms with Crippen LogP contribution in [-0.2, 0) is 0 Å². The van der Waals surface area contributed by atoms with Gasteiger partial charge in [0.1, 0.15) is 11.4 Å². The molecule has 3 nitrogen and oxygen atoms in total. The van der Waals surface area contributed by atoms with Crippen molar-refractivity contribution in [2.45, 2.75) is 0 Å². The molecule has 0 saturated heterocycles. The minimum atomic E-state index is 0.834. The number of H-pyrrole nitrogens is 1. The van der Waals surface area contributed by atoms with Gasteiger partial charge >= 0.3 is 0 Å². The summed E-state index contributed by atoms with van der Waals surface area (Å²) in [4.78, 5) is 8.13. The third-order valence-corrected chi connectivity index (χ3v) is 3.75. The van der Waals surface area contributed by atoms with E-state index in [1.165, 1.54) is 5.39 Å². The van der Waals surface area contributed by atoms with E-state index >= 15 is 0 Å². The van der Waals surface area contributed by atoms with Crippen molar-refractivity contribution >= 4 is 21.9 Å². The highest BCUT2D eigenvalue weighted by molar-refractivity contribution is 6.06. The Morgan fingerprint density at radius 3 is 2.57 bits per heavy atom. The van der Waals surface area contributed by atoms with Crippen LogP contribution in [0.15, 0.2) is 60.7 Å². The minimum absolute atomic E-state index is 0.834. The van der Waals surface area contributed by atoms with E-state index in [1.807, 2.05) is 42.5 Å². The van der Waals surface area contributed by atoms with E-state index in [1.54, 1.807) is 7.11 Å². The number of aromatic nitrogens is 2. The van der Waals surface area contributed by atoms with Crippen molar-refractivity contribution < 1.29 is 4.74 Å². The highest BCUT2D eigenvalue weighted by Gasteiger charge is 2.09. The maximum Gasteiger partial charge on any atom is 0.139 e. The van der Waals surface area contributed by atoms with Crippen LogP contribution in [-0.4, -0.2) is 17.1 Å². The zero-order valence-electron chi connectivity index (χ0n) is 11.6. The van der Waals surface area contributed by atoms with Crippen LogP contribution in [0.5, 0.6) is 5.75 Å². The molecule has 0 atom stereocenters. The number of para-hydroxylation sites is 2. The summed E-state index contributed by atoms with van der Waals surface area (Å²) < 4.78 is 5.42. The van der Waals surface area contributed by atoms with Gasteiger partial charge < -0.3 is 9.72 Å². The molecule has 102 valence electrons. The number of nitrogens with one attached hydrogen (secondary N) is 1. The van der Waals surface area contributed by atoms with Crippen LogP contribution in [0.1, 0.15) is 0 Å². The van der Waals surface area contributed by atoms with Crippen molar-refractivity contribution in [3.05, 3.63) is 60.7 Å². The largest absolute Gasteiger partial charge is 0.496 e. The summed E-state index contributed by atoms with van der Waals surface area (Å²) in [6.45, 7) is 0. The van der Waals surface area contributed by atoms with Gasteiger partial charge in [0.2, 0.25) is 0 Å². The van der Waals surface area contributed by atoms with Crippen LogP contribution in [0.2, 0.25) is 0 Å². The fourth-order valence-corrected chi connectivity index (χ4v) is 2.73. The van der Waals surface area contributed by atoms with Crippen molar-refractivity contribution in [1.29, 1.82) is 0 Å². The SMILES string of the molecule is COc1ccccc1-c1ccc2c(n1)[nH]c1ccccc12. The number of methoxy groups -OCH3 is 1.